The first-order valence-electron chi connectivity index (χ1n) is 5.54. The predicted molar refractivity (Wildman–Crippen MR) is 67.4 cm³/mol. The monoisotopic (exact) mass is 273 g/mol. The lowest BCUT2D eigenvalue weighted by Gasteiger charge is -2.18. The fourth-order valence-corrected chi connectivity index (χ4v) is 2.27. The van der Waals surface area contributed by atoms with Gasteiger partial charge in [-0.25, -0.2) is 4.39 Å². The molecule has 0 aromatic heterocycles. The van der Waals surface area contributed by atoms with Crippen LogP contribution in [0.15, 0.2) is 12.1 Å². The number of nitrogens with zero attached hydrogens (tertiary/aromatic N) is 2. The molecule has 2 N–H and O–H groups in total. The van der Waals surface area contributed by atoms with E-state index in [1.807, 2.05) is 6.92 Å². The zero-order chi connectivity index (χ0) is 13.4. The van der Waals surface area contributed by atoms with Gasteiger partial charge in [0.2, 0.25) is 0 Å². The SMILES string of the molecule is CC1CN(c2cc(Cl)c(F)cc2[N+](=O)[O-])CC1N. The van der Waals surface area contributed by atoms with E-state index >= 15 is 0 Å². The lowest BCUT2D eigenvalue weighted by atomic mass is 10.1. The Morgan fingerprint density at radius 2 is 2.22 bits per heavy atom. The van der Waals surface area contributed by atoms with Gasteiger partial charge in [-0.2, -0.15) is 0 Å². The molecular weight excluding hydrogens is 261 g/mol. The van der Waals surface area contributed by atoms with E-state index in [4.69, 9.17) is 17.3 Å². The summed E-state index contributed by atoms with van der Waals surface area (Å²) in [4.78, 5) is 12.1. The first-order chi connectivity index (χ1) is 8.40. The number of hydrogen-bond acceptors (Lipinski definition) is 4. The topological polar surface area (TPSA) is 72.4 Å². The Labute approximate surface area is 108 Å². The van der Waals surface area contributed by atoms with Crippen LogP contribution in [-0.2, 0) is 0 Å². The van der Waals surface area contributed by atoms with Crippen molar-refractivity contribution in [1.82, 2.24) is 0 Å². The van der Waals surface area contributed by atoms with E-state index in [0.29, 0.717) is 18.8 Å². The van der Waals surface area contributed by atoms with E-state index in [1.54, 1.807) is 4.90 Å². The van der Waals surface area contributed by atoms with Crippen LogP contribution in [0.3, 0.4) is 0 Å². The predicted octanol–water partition coefficient (Wildman–Crippen LogP) is 2.17. The zero-order valence-electron chi connectivity index (χ0n) is 9.77. The highest BCUT2D eigenvalue weighted by Gasteiger charge is 2.31. The Bertz CT molecular complexity index is 487. The molecule has 0 amide bonds. The van der Waals surface area contributed by atoms with Gasteiger partial charge >= 0.3 is 0 Å². The third-order valence-corrected chi connectivity index (χ3v) is 3.51. The van der Waals surface area contributed by atoms with Crippen LogP contribution in [0.1, 0.15) is 6.92 Å². The second-order valence-electron chi connectivity index (χ2n) is 4.56. The van der Waals surface area contributed by atoms with E-state index in [-0.39, 0.29) is 22.7 Å². The molecule has 1 fully saturated rings. The lowest BCUT2D eigenvalue weighted by Crippen LogP contribution is -2.28. The third kappa shape index (κ3) is 2.26. The van der Waals surface area contributed by atoms with Gasteiger partial charge in [0.15, 0.2) is 0 Å². The maximum absolute atomic E-state index is 13.3. The number of rotatable bonds is 2. The molecule has 1 aliphatic heterocycles. The molecule has 0 spiro atoms. The van der Waals surface area contributed by atoms with Gasteiger partial charge in [-0.15, -0.1) is 0 Å². The van der Waals surface area contributed by atoms with Gasteiger partial charge in [-0.05, 0) is 12.0 Å². The Morgan fingerprint density at radius 1 is 1.56 bits per heavy atom. The van der Waals surface area contributed by atoms with Gasteiger partial charge in [0.25, 0.3) is 5.69 Å². The average Bonchev–Trinajstić information content (AvgIpc) is 2.62. The van der Waals surface area contributed by atoms with Crippen molar-refractivity contribution >= 4 is 23.0 Å². The summed E-state index contributed by atoms with van der Waals surface area (Å²) < 4.78 is 13.3. The summed E-state index contributed by atoms with van der Waals surface area (Å²) >= 11 is 5.69. The number of nitro benzene ring substituents is 1. The van der Waals surface area contributed by atoms with Crippen LogP contribution in [0.5, 0.6) is 0 Å². The van der Waals surface area contributed by atoms with Crippen LogP contribution in [0.2, 0.25) is 5.02 Å². The summed E-state index contributed by atoms with van der Waals surface area (Å²) in [5, 5.41) is 10.8. The van der Waals surface area contributed by atoms with Crippen LogP contribution < -0.4 is 10.6 Å². The van der Waals surface area contributed by atoms with E-state index in [9.17, 15) is 14.5 Å². The maximum Gasteiger partial charge on any atom is 0.295 e. The maximum atomic E-state index is 13.3. The second-order valence-corrected chi connectivity index (χ2v) is 4.97. The third-order valence-electron chi connectivity index (χ3n) is 3.23. The lowest BCUT2D eigenvalue weighted by molar-refractivity contribution is -0.384. The Morgan fingerprint density at radius 3 is 2.72 bits per heavy atom. The molecule has 2 atom stereocenters. The van der Waals surface area contributed by atoms with Crippen LogP contribution in [-0.4, -0.2) is 24.1 Å². The number of benzene rings is 1. The molecule has 1 aliphatic rings. The molecule has 0 aliphatic carbocycles. The van der Waals surface area contributed by atoms with E-state index in [0.717, 1.165) is 6.07 Å². The molecule has 2 rings (SSSR count). The number of anilines is 1. The van der Waals surface area contributed by atoms with Crippen molar-refractivity contribution in [2.75, 3.05) is 18.0 Å². The van der Waals surface area contributed by atoms with Crippen LogP contribution in [0.25, 0.3) is 0 Å². The number of nitro groups is 1. The van der Waals surface area contributed by atoms with Crippen LogP contribution >= 0.6 is 11.6 Å². The molecule has 1 saturated heterocycles. The van der Waals surface area contributed by atoms with Gasteiger partial charge < -0.3 is 10.6 Å². The first kappa shape index (κ1) is 13.0. The minimum atomic E-state index is -0.788. The second kappa shape index (κ2) is 4.70. The van der Waals surface area contributed by atoms with E-state index in [1.165, 1.54) is 6.07 Å². The largest absolute Gasteiger partial charge is 0.364 e. The standard InChI is InChI=1S/C11H13ClFN3O2/c1-6-4-15(5-9(6)14)10-2-7(12)8(13)3-11(10)16(17)18/h2-3,6,9H,4-5,14H2,1H3. The first-order valence-corrected chi connectivity index (χ1v) is 5.92. The van der Waals surface area contributed by atoms with Gasteiger partial charge in [0.05, 0.1) is 16.0 Å². The molecule has 18 heavy (non-hydrogen) atoms. The summed E-state index contributed by atoms with van der Waals surface area (Å²) in [5.74, 6) is -0.558. The fourth-order valence-electron chi connectivity index (χ4n) is 2.11. The molecule has 0 bridgehead atoms. The zero-order valence-corrected chi connectivity index (χ0v) is 10.5. The summed E-state index contributed by atoms with van der Waals surface area (Å²) in [6.07, 6.45) is 0. The van der Waals surface area contributed by atoms with Crippen molar-refractivity contribution in [1.29, 1.82) is 0 Å². The smallest absolute Gasteiger partial charge is 0.295 e. The van der Waals surface area contributed by atoms with Crippen molar-refractivity contribution in [3.05, 3.63) is 33.1 Å². The van der Waals surface area contributed by atoms with Gasteiger partial charge in [0.1, 0.15) is 11.5 Å². The summed E-state index contributed by atoms with van der Waals surface area (Å²) in [6, 6.07) is 2.10. The van der Waals surface area contributed by atoms with Gasteiger partial charge in [0, 0.05) is 19.1 Å². The molecule has 7 heteroatoms. The highest BCUT2D eigenvalue weighted by molar-refractivity contribution is 6.31. The van der Waals surface area contributed by atoms with Crippen molar-refractivity contribution in [3.63, 3.8) is 0 Å². The summed E-state index contributed by atoms with van der Waals surface area (Å²) in [5.41, 5.74) is 5.93. The number of halogens is 2. The summed E-state index contributed by atoms with van der Waals surface area (Å²) in [7, 11) is 0. The van der Waals surface area contributed by atoms with Crippen molar-refractivity contribution in [2.24, 2.45) is 11.7 Å². The Hall–Kier alpha value is -1.40. The molecular formula is C11H13ClFN3O2. The Kier molecular flexibility index (Phi) is 3.41. The van der Waals surface area contributed by atoms with Crippen molar-refractivity contribution < 1.29 is 9.31 Å². The van der Waals surface area contributed by atoms with Crippen LogP contribution in [0.4, 0.5) is 15.8 Å². The highest BCUT2D eigenvalue weighted by Crippen LogP contribution is 2.35. The molecule has 1 aromatic rings. The van der Waals surface area contributed by atoms with Gasteiger partial charge in [-0.3, -0.25) is 10.1 Å². The molecule has 2 unspecified atom stereocenters. The highest BCUT2D eigenvalue weighted by atomic mass is 35.5. The number of nitrogens with two attached hydrogens (primary N) is 1. The molecule has 98 valence electrons. The fraction of sp³-hybridized carbons (Fsp3) is 0.455. The Balaban J connectivity index is 2.43. The van der Waals surface area contributed by atoms with E-state index in [2.05, 4.69) is 0 Å². The summed E-state index contributed by atoms with van der Waals surface area (Å²) in [6.45, 7) is 3.08. The molecule has 0 radical (unpaired) electrons. The van der Waals surface area contributed by atoms with Crippen molar-refractivity contribution in [3.8, 4) is 0 Å². The molecule has 1 aromatic carbocycles. The minimum absolute atomic E-state index is 0.0477. The average molecular weight is 274 g/mol. The molecule has 1 heterocycles. The van der Waals surface area contributed by atoms with Crippen molar-refractivity contribution in [2.45, 2.75) is 13.0 Å². The normalized spacial score (nSPS) is 23.4. The van der Waals surface area contributed by atoms with Crippen LogP contribution in [0, 0.1) is 21.8 Å². The number of hydrogen-bond donors (Lipinski definition) is 1. The van der Waals surface area contributed by atoms with Gasteiger partial charge in [-0.1, -0.05) is 18.5 Å². The molecule has 0 saturated carbocycles. The molecule has 5 nitrogen and oxygen atoms in total. The quantitative estimate of drug-likeness (QED) is 0.662. The van der Waals surface area contributed by atoms with E-state index < -0.39 is 10.7 Å². The minimum Gasteiger partial charge on any atom is -0.364 e.